The Labute approximate surface area is 134 Å². The normalized spacial score (nSPS) is 22.9. The summed E-state index contributed by atoms with van der Waals surface area (Å²) in [6.45, 7) is 1.09. The fourth-order valence-corrected chi connectivity index (χ4v) is 2.98. The van der Waals surface area contributed by atoms with E-state index >= 15 is 0 Å². The molecule has 0 saturated heterocycles. The van der Waals surface area contributed by atoms with Crippen LogP contribution in [0.4, 0.5) is 13.2 Å². The number of hydrogen-bond acceptors (Lipinski definition) is 2. The number of aryl methyl sites for hydroxylation is 1. The Balaban J connectivity index is 1.76. The first-order chi connectivity index (χ1) is 10.9. The number of alkyl halides is 3. The second-order valence-electron chi connectivity index (χ2n) is 6.10. The second kappa shape index (κ2) is 7.70. The minimum atomic E-state index is -4.07. The fourth-order valence-electron chi connectivity index (χ4n) is 2.98. The van der Waals surface area contributed by atoms with Gasteiger partial charge in [0.2, 0.25) is 0 Å². The fraction of sp³-hybridized carbons (Fsp3) is 0.733. The van der Waals surface area contributed by atoms with Crippen molar-refractivity contribution in [3.8, 4) is 0 Å². The quantitative estimate of drug-likeness (QED) is 0.658. The average Bonchev–Trinajstić information content (AvgIpc) is 2.92. The first-order valence-electron chi connectivity index (χ1n) is 7.87. The van der Waals surface area contributed by atoms with E-state index in [4.69, 9.17) is 0 Å². The van der Waals surface area contributed by atoms with Gasteiger partial charge in [-0.3, -0.25) is 9.67 Å². The third-order valence-electron chi connectivity index (χ3n) is 4.25. The Morgan fingerprint density at radius 1 is 1.39 bits per heavy atom. The van der Waals surface area contributed by atoms with Crippen LogP contribution in [0.15, 0.2) is 17.4 Å². The Morgan fingerprint density at radius 3 is 2.78 bits per heavy atom. The highest BCUT2D eigenvalue weighted by Gasteiger charge is 2.41. The van der Waals surface area contributed by atoms with Crippen LogP contribution in [0.5, 0.6) is 0 Å². The Bertz CT molecular complexity index is 523. The third kappa shape index (κ3) is 5.44. The predicted molar refractivity (Wildman–Crippen MR) is 82.9 cm³/mol. The molecule has 1 aliphatic rings. The maximum atomic E-state index is 12.8. The zero-order valence-electron chi connectivity index (χ0n) is 13.5. The molecule has 1 aromatic rings. The zero-order valence-corrected chi connectivity index (χ0v) is 13.5. The van der Waals surface area contributed by atoms with Gasteiger partial charge < -0.3 is 10.6 Å². The largest absolute Gasteiger partial charge is 0.391 e. The van der Waals surface area contributed by atoms with E-state index in [1.165, 1.54) is 0 Å². The van der Waals surface area contributed by atoms with Gasteiger partial charge >= 0.3 is 6.18 Å². The maximum absolute atomic E-state index is 12.8. The van der Waals surface area contributed by atoms with Crippen molar-refractivity contribution in [2.45, 2.75) is 38.4 Å². The SMILES string of the molecule is CN=C(NCc1cnn(C)c1)NCC1CCCC(C(F)(F)F)C1. The van der Waals surface area contributed by atoms with E-state index in [1.807, 2.05) is 13.2 Å². The van der Waals surface area contributed by atoms with Crippen molar-refractivity contribution in [1.29, 1.82) is 0 Å². The van der Waals surface area contributed by atoms with Gasteiger partial charge in [0, 0.05) is 38.9 Å². The number of hydrogen-bond donors (Lipinski definition) is 2. The molecular formula is C15H24F3N5. The molecule has 0 amide bonds. The van der Waals surface area contributed by atoms with Gasteiger partial charge in [-0.2, -0.15) is 18.3 Å². The monoisotopic (exact) mass is 331 g/mol. The number of guanidine groups is 1. The first kappa shape index (κ1) is 17.6. The van der Waals surface area contributed by atoms with Crippen LogP contribution in [0.3, 0.4) is 0 Å². The van der Waals surface area contributed by atoms with Crippen molar-refractivity contribution in [1.82, 2.24) is 20.4 Å². The summed E-state index contributed by atoms with van der Waals surface area (Å²) in [5.41, 5.74) is 1.02. The summed E-state index contributed by atoms with van der Waals surface area (Å²) < 4.78 is 40.2. The van der Waals surface area contributed by atoms with Gasteiger partial charge in [-0.25, -0.2) is 0 Å². The molecule has 1 aromatic heterocycles. The van der Waals surface area contributed by atoms with E-state index in [2.05, 4.69) is 20.7 Å². The highest BCUT2D eigenvalue weighted by atomic mass is 19.4. The summed E-state index contributed by atoms with van der Waals surface area (Å²) in [5, 5.41) is 10.4. The lowest BCUT2D eigenvalue weighted by molar-refractivity contribution is -0.185. The molecule has 2 atom stereocenters. The molecule has 5 nitrogen and oxygen atoms in total. The summed E-state index contributed by atoms with van der Waals surface area (Å²) in [6, 6.07) is 0. The number of nitrogens with one attached hydrogen (secondary N) is 2. The van der Waals surface area contributed by atoms with E-state index in [1.54, 1.807) is 17.9 Å². The number of nitrogens with zero attached hydrogens (tertiary/aromatic N) is 3. The van der Waals surface area contributed by atoms with E-state index in [9.17, 15) is 13.2 Å². The van der Waals surface area contributed by atoms with E-state index in [0.29, 0.717) is 25.5 Å². The van der Waals surface area contributed by atoms with Gasteiger partial charge in [-0.05, 0) is 25.2 Å². The van der Waals surface area contributed by atoms with Crippen LogP contribution in [-0.2, 0) is 13.6 Å². The molecule has 0 aliphatic heterocycles. The van der Waals surface area contributed by atoms with Crippen LogP contribution >= 0.6 is 0 Å². The van der Waals surface area contributed by atoms with Crippen molar-refractivity contribution in [3.63, 3.8) is 0 Å². The van der Waals surface area contributed by atoms with Crippen LogP contribution in [0.25, 0.3) is 0 Å². The van der Waals surface area contributed by atoms with Crippen LogP contribution < -0.4 is 10.6 Å². The number of halogens is 3. The number of aromatic nitrogens is 2. The van der Waals surface area contributed by atoms with Gasteiger partial charge in [-0.1, -0.05) is 6.42 Å². The van der Waals surface area contributed by atoms with Crippen molar-refractivity contribution in [2.75, 3.05) is 13.6 Å². The molecular weight excluding hydrogens is 307 g/mol. The first-order valence-corrected chi connectivity index (χ1v) is 7.87. The van der Waals surface area contributed by atoms with Crippen LogP contribution in [0, 0.1) is 11.8 Å². The molecule has 2 N–H and O–H groups in total. The van der Waals surface area contributed by atoms with Crippen LogP contribution in [0.1, 0.15) is 31.2 Å². The topological polar surface area (TPSA) is 54.2 Å². The minimum absolute atomic E-state index is 0.0346. The summed E-state index contributed by atoms with van der Waals surface area (Å²) >= 11 is 0. The molecule has 8 heteroatoms. The highest BCUT2D eigenvalue weighted by Crippen LogP contribution is 2.39. The van der Waals surface area contributed by atoms with Crippen molar-refractivity contribution < 1.29 is 13.2 Å². The predicted octanol–water partition coefficient (Wildman–Crippen LogP) is 2.45. The van der Waals surface area contributed by atoms with Gasteiger partial charge in [0.05, 0.1) is 12.1 Å². The van der Waals surface area contributed by atoms with Crippen molar-refractivity contribution >= 4 is 5.96 Å². The molecule has 1 heterocycles. The number of aliphatic imine (C=N–C) groups is 1. The van der Waals surface area contributed by atoms with Crippen molar-refractivity contribution in [2.24, 2.45) is 23.9 Å². The molecule has 2 unspecified atom stereocenters. The average molecular weight is 331 g/mol. The summed E-state index contributed by atoms with van der Waals surface area (Å²) in [5.74, 6) is -0.524. The molecule has 130 valence electrons. The van der Waals surface area contributed by atoms with E-state index in [0.717, 1.165) is 12.0 Å². The second-order valence-corrected chi connectivity index (χ2v) is 6.10. The Hall–Kier alpha value is -1.73. The molecule has 0 radical (unpaired) electrons. The van der Waals surface area contributed by atoms with E-state index in [-0.39, 0.29) is 18.8 Å². The third-order valence-corrected chi connectivity index (χ3v) is 4.25. The van der Waals surface area contributed by atoms with Crippen LogP contribution in [0.2, 0.25) is 0 Å². The Kier molecular flexibility index (Phi) is 5.90. The molecule has 1 fully saturated rings. The van der Waals surface area contributed by atoms with Gasteiger partial charge in [0.1, 0.15) is 0 Å². The number of rotatable bonds is 4. The highest BCUT2D eigenvalue weighted by molar-refractivity contribution is 5.79. The molecule has 0 spiro atoms. The van der Waals surface area contributed by atoms with Crippen LogP contribution in [-0.4, -0.2) is 35.5 Å². The molecule has 0 bridgehead atoms. The molecule has 2 rings (SSSR count). The lowest BCUT2D eigenvalue weighted by atomic mass is 9.81. The zero-order chi connectivity index (χ0) is 16.9. The summed E-state index contributed by atoms with van der Waals surface area (Å²) in [4.78, 5) is 4.11. The maximum Gasteiger partial charge on any atom is 0.391 e. The van der Waals surface area contributed by atoms with Gasteiger partial charge in [0.25, 0.3) is 0 Å². The van der Waals surface area contributed by atoms with Gasteiger partial charge in [0.15, 0.2) is 5.96 Å². The van der Waals surface area contributed by atoms with Gasteiger partial charge in [-0.15, -0.1) is 0 Å². The lowest BCUT2D eigenvalue weighted by Gasteiger charge is -2.30. The summed E-state index contributed by atoms with van der Waals surface area (Å²) in [7, 11) is 3.49. The lowest BCUT2D eigenvalue weighted by Crippen LogP contribution is -2.41. The summed E-state index contributed by atoms with van der Waals surface area (Å²) in [6.07, 6.45) is 1.52. The minimum Gasteiger partial charge on any atom is -0.356 e. The Morgan fingerprint density at radius 2 is 2.17 bits per heavy atom. The smallest absolute Gasteiger partial charge is 0.356 e. The molecule has 0 aromatic carbocycles. The van der Waals surface area contributed by atoms with E-state index < -0.39 is 12.1 Å². The van der Waals surface area contributed by atoms with Crippen molar-refractivity contribution in [3.05, 3.63) is 18.0 Å². The molecule has 23 heavy (non-hydrogen) atoms. The molecule has 1 aliphatic carbocycles. The molecule has 1 saturated carbocycles. The standard InChI is InChI=1S/C15H24F3N5/c1-19-14(21-8-12-9-22-23(2)10-12)20-7-11-4-3-5-13(6-11)15(16,17)18/h9-11,13H,3-8H2,1-2H3,(H2,19,20,21).